The number of para-hydroxylation sites is 1. The molecule has 3 rings (SSSR count). The molecule has 2 heterocycles. The second-order valence-electron chi connectivity index (χ2n) is 5.61. The molecule has 5 heteroatoms. The standard InChI is InChI=1S/C18H21N3O2/c1-3-23-17-15(8-6-10-19-17)12-20-18(22)21-13(2)11-14-7-4-5-9-16(14)21/h4-10,13H,3,11-12H2,1-2H3,(H,20,22)/t13-/m1/s1. The molecule has 0 saturated heterocycles. The summed E-state index contributed by atoms with van der Waals surface area (Å²) in [5, 5.41) is 2.98. The van der Waals surface area contributed by atoms with E-state index >= 15 is 0 Å². The van der Waals surface area contributed by atoms with E-state index in [1.165, 1.54) is 5.56 Å². The van der Waals surface area contributed by atoms with Crippen LogP contribution < -0.4 is 15.0 Å². The number of urea groups is 1. The van der Waals surface area contributed by atoms with Crippen LogP contribution in [0.2, 0.25) is 0 Å². The summed E-state index contributed by atoms with van der Waals surface area (Å²) in [6.45, 7) is 4.93. The van der Waals surface area contributed by atoms with Gasteiger partial charge in [-0.2, -0.15) is 0 Å². The van der Waals surface area contributed by atoms with Gasteiger partial charge in [-0.25, -0.2) is 9.78 Å². The molecule has 0 saturated carbocycles. The van der Waals surface area contributed by atoms with E-state index in [2.05, 4.69) is 23.3 Å². The summed E-state index contributed by atoms with van der Waals surface area (Å²) in [6.07, 6.45) is 2.58. The maximum absolute atomic E-state index is 12.6. The molecule has 120 valence electrons. The summed E-state index contributed by atoms with van der Waals surface area (Å²) in [5.74, 6) is 0.574. The van der Waals surface area contributed by atoms with E-state index in [4.69, 9.17) is 4.74 Å². The number of carbonyl (C=O) groups excluding carboxylic acids is 1. The Bertz CT molecular complexity index is 702. The van der Waals surface area contributed by atoms with Crippen LogP contribution in [0.15, 0.2) is 42.6 Å². The Labute approximate surface area is 136 Å². The second kappa shape index (κ2) is 6.69. The van der Waals surface area contributed by atoms with Gasteiger partial charge in [0, 0.05) is 30.0 Å². The minimum absolute atomic E-state index is 0.0891. The lowest BCUT2D eigenvalue weighted by Gasteiger charge is -2.23. The summed E-state index contributed by atoms with van der Waals surface area (Å²) in [7, 11) is 0. The lowest BCUT2D eigenvalue weighted by atomic mass is 10.1. The second-order valence-corrected chi connectivity index (χ2v) is 5.61. The van der Waals surface area contributed by atoms with E-state index in [1.54, 1.807) is 6.20 Å². The summed E-state index contributed by atoms with van der Waals surface area (Å²) >= 11 is 0. The normalized spacial score (nSPS) is 16.1. The minimum Gasteiger partial charge on any atom is -0.478 e. The van der Waals surface area contributed by atoms with Gasteiger partial charge in [0.1, 0.15) is 0 Å². The molecular formula is C18H21N3O2. The lowest BCUT2D eigenvalue weighted by Crippen LogP contribution is -2.43. The number of rotatable bonds is 4. The average molecular weight is 311 g/mol. The molecule has 0 spiro atoms. The van der Waals surface area contributed by atoms with Crippen molar-refractivity contribution in [2.24, 2.45) is 0 Å². The fourth-order valence-corrected chi connectivity index (χ4v) is 2.96. The van der Waals surface area contributed by atoms with Gasteiger partial charge in [0.25, 0.3) is 0 Å². The van der Waals surface area contributed by atoms with Crippen LogP contribution in [-0.4, -0.2) is 23.7 Å². The third-order valence-corrected chi connectivity index (χ3v) is 3.99. The SMILES string of the molecule is CCOc1ncccc1CNC(=O)N1c2ccccc2C[C@H]1C. The van der Waals surface area contributed by atoms with E-state index < -0.39 is 0 Å². The zero-order chi connectivity index (χ0) is 16.2. The number of benzene rings is 1. The smallest absolute Gasteiger partial charge is 0.322 e. The summed E-state index contributed by atoms with van der Waals surface area (Å²) in [6, 6.07) is 11.9. The molecule has 2 aromatic rings. The first-order valence-corrected chi connectivity index (χ1v) is 7.92. The Morgan fingerprint density at radius 3 is 3.00 bits per heavy atom. The molecule has 5 nitrogen and oxygen atoms in total. The molecule has 1 aromatic carbocycles. The fraction of sp³-hybridized carbons (Fsp3) is 0.333. The predicted molar refractivity (Wildman–Crippen MR) is 89.7 cm³/mol. The lowest BCUT2D eigenvalue weighted by molar-refractivity contribution is 0.244. The third-order valence-electron chi connectivity index (χ3n) is 3.99. The molecule has 1 aliphatic rings. The van der Waals surface area contributed by atoms with Crippen LogP contribution in [0.5, 0.6) is 5.88 Å². The van der Waals surface area contributed by atoms with Crippen LogP contribution in [0.3, 0.4) is 0 Å². The van der Waals surface area contributed by atoms with Crippen molar-refractivity contribution in [2.75, 3.05) is 11.5 Å². The van der Waals surface area contributed by atoms with Gasteiger partial charge in [-0.3, -0.25) is 4.90 Å². The highest BCUT2D eigenvalue weighted by Crippen LogP contribution is 2.31. The topological polar surface area (TPSA) is 54.5 Å². The number of amides is 2. The third kappa shape index (κ3) is 3.13. The number of anilines is 1. The number of nitrogens with zero attached hydrogens (tertiary/aromatic N) is 2. The van der Waals surface area contributed by atoms with Crippen LogP contribution in [0.1, 0.15) is 25.0 Å². The van der Waals surface area contributed by atoms with Gasteiger partial charge in [0.05, 0.1) is 6.61 Å². The first kappa shape index (κ1) is 15.3. The Morgan fingerprint density at radius 1 is 1.35 bits per heavy atom. The van der Waals surface area contributed by atoms with Crippen molar-refractivity contribution < 1.29 is 9.53 Å². The summed E-state index contributed by atoms with van der Waals surface area (Å²) in [5.41, 5.74) is 3.09. The van der Waals surface area contributed by atoms with Crippen molar-refractivity contribution in [3.05, 3.63) is 53.7 Å². The Kier molecular flexibility index (Phi) is 4.46. The maximum atomic E-state index is 12.6. The molecule has 2 amide bonds. The monoisotopic (exact) mass is 311 g/mol. The van der Waals surface area contributed by atoms with Crippen LogP contribution in [-0.2, 0) is 13.0 Å². The van der Waals surface area contributed by atoms with Crippen molar-refractivity contribution >= 4 is 11.7 Å². The van der Waals surface area contributed by atoms with E-state index in [1.807, 2.05) is 42.2 Å². The molecule has 23 heavy (non-hydrogen) atoms. The quantitative estimate of drug-likeness (QED) is 0.944. The highest BCUT2D eigenvalue weighted by Gasteiger charge is 2.30. The highest BCUT2D eigenvalue weighted by atomic mass is 16.5. The number of nitrogens with one attached hydrogen (secondary N) is 1. The molecule has 1 N–H and O–H groups in total. The zero-order valence-corrected chi connectivity index (χ0v) is 13.5. The number of hydrogen-bond donors (Lipinski definition) is 1. The predicted octanol–water partition coefficient (Wildman–Crippen LogP) is 3.14. The van der Waals surface area contributed by atoms with E-state index in [0.29, 0.717) is 19.0 Å². The van der Waals surface area contributed by atoms with Crippen LogP contribution >= 0.6 is 0 Å². The number of pyridine rings is 1. The van der Waals surface area contributed by atoms with Crippen LogP contribution in [0.4, 0.5) is 10.5 Å². The fourth-order valence-electron chi connectivity index (χ4n) is 2.96. The van der Waals surface area contributed by atoms with E-state index in [9.17, 15) is 4.79 Å². The Hall–Kier alpha value is -2.56. The first-order valence-electron chi connectivity index (χ1n) is 7.92. The van der Waals surface area contributed by atoms with Gasteiger partial charge in [-0.15, -0.1) is 0 Å². The van der Waals surface area contributed by atoms with Gasteiger partial charge in [-0.05, 0) is 38.0 Å². The van der Waals surface area contributed by atoms with Crippen LogP contribution in [0.25, 0.3) is 0 Å². The molecule has 0 bridgehead atoms. The number of aromatic nitrogens is 1. The van der Waals surface area contributed by atoms with Crippen molar-refractivity contribution in [3.8, 4) is 5.88 Å². The Balaban J connectivity index is 1.71. The number of ether oxygens (including phenoxy) is 1. The number of fused-ring (bicyclic) bond motifs is 1. The summed E-state index contributed by atoms with van der Waals surface area (Å²) < 4.78 is 5.50. The average Bonchev–Trinajstić information content (AvgIpc) is 2.90. The first-order chi connectivity index (χ1) is 11.2. The van der Waals surface area contributed by atoms with Crippen LogP contribution in [0, 0.1) is 0 Å². The molecule has 0 fully saturated rings. The molecule has 0 radical (unpaired) electrons. The van der Waals surface area contributed by atoms with Gasteiger partial charge in [-0.1, -0.05) is 24.3 Å². The van der Waals surface area contributed by atoms with Gasteiger partial charge in [0.15, 0.2) is 0 Å². The zero-order valence-electron chi connectivity index (χ0n) is 13.5. The van der Waals surface area contributed by atoms with Gasteiger partial charge in [0.2, 0.25) is 5.88 Å². The van der Waals surface area contributed by atoms with Crippen molar-refractivity contribution in [3.63, 3.8) is 0 Å². The molecule has 1 atom stereocenters. The minimum atomic E-state index is -0.0891. The Morgan fingerprint density at radius 2 is 2.17 bits per heavy atom. The van der Waals surface area contributed by atoms with Gasteiger partial charge < -0.3 is 10.1 Å². The van der Waals surface area contributed by atoms with E-state index in [0.717, 1.165) is 17.7 Å². The molecule has 0 aliphatic carbocycles. The van der Waals surface area contributed by atoms with Crippen molar-refractivity contribution in [1.29, 1.82) is 0 Å². The molecule has 0 unspecified atom stereocenters. The van der Waals surface area contributed by atoms with Gasteiger partial charge >= 0.3 is 6.03 Å². The highest BCUT2D eigenvalue weighted by molar-refractivity contribution is 5.94. The molecule has 1 aromatic heterocycles. The van der Waals surface area contributed by atoms with E-state index in [-0.39, 0.29) is 12.1 Å². The summed E-state index contributed by atoms with van der Waals surface area (Å²) in [4.78, 5) is 18.6. The van der Waals surface area contributed by atoms with Crippen molar-refractivity contribution in [1.82, 2.24) is 10.3 Å². The largest absolute Gasteiger partial charge is 0.478 e. The maximum Gasteiger partial charge on any atom is 0.322 e. The molecule has 1 aliphatic heterocycles. The number of carbonyl (C=O) groups is 1. The number of hydrogen-bond acceptors (Lipinski definition) is 3. The van der Waals surface area contributed by atoms with Crippen molar-refractivity contribution in [2.45, 2.75) is 32.9 Å². The molecular weight excluding hydrogens is 290 g/mol.